The van der Waals surface area contributed by atoms with Crippen LogP contribution in [0, 0.1) is 11.3 Å². The quantitative estimate of drug-likeness (QED) is 0.662. The first-order valence-electron chi connectivity index (χ1n) is 6.73. The van der Waals surface area contributed by atoms with Gasteiger partial charge in [0.25, 0.3) is 0 Å². The van der Waals surface area contributed by atoms with Gasteiger partial charge >= 0.3 is 0 Å². The minimum atomic E-state index is -0.242. The fourth-order valence-electron chi connectivity index (χ4n) is 2.07. The predicted molar refractivity (Wildman–Crippen MR) is 86.0 cm³/mol. The third kappa shape index (κ3) is 4.67. The van der Waals surface area contributed by atoms with Crippen LogP contribution in [0.3, 0.4) is 0 Å². The zero-order chi connectivity index (χ0) is 15.1. The summed E-state index contributed by atoms with van der Waals surface area (Å²) in [7, 11) is 0. The van der Waals surface area contributed by atoms with Gasteiger partial charge in [0, 0.05) is 10.0 Å². The van der Waals surface area contributed by atoms with E-state index in [4.69, 9.17) is 27.9 Å². The lowest BCUT2D eigenvalue weighted by atomic mass is 9.96. The molecule has 21 heavy (non-hydrogen) atoms. The van der Waals surface area contributed by atoms with Crippen LogP contribution in [0.4, 0.5) is 0 Å². The summed E-state index contributed by atoms with van der Waals surface area (Å²) in [4.78, 5) is 0. The highest BCUT2D eigenvalue weighted by atomic mass is 35.5. The Labute approximate surface area is 134 Å². The second-order valence-corrected chi connectivity index (χ2v) is 5.49. The molecule has 0 fully saturated rings. The van der Waals surface area contributed by atoms with Crippen LogP contribution in [0.1, 0.15) is 24.3 Å². The zero-order valence-corrected chi connectivity index (χ0v) is 12.9. The first-order valence-corrected chi connectivity index (χ1v) is 7.48. The first kappa shape index (κ1) is 15.7. The molecule has 0 spiro atoms. The largest absolute Gasteiger partial charge is 0.494 e. The number of nitriles is 1. The molecule has 0 heterocycles. The van der Waals surface area contributed by atoms with Crippen molar-refractivity contribution >= 4 is 23.2 Å². The van der Waals surface area contributed by atoms with Crippen LogP contribution < -0.4 is 4.74 Å². The van der Waals surface area contributed by atoms with E-state index in [0.717, 1.165) is 17.7 Å². The van der Waals surface area contributed by atoms with Crippen molar-refractivity contribution in [2.75, 3.05) is 6.61 Å². The number of rotatable bonds is 6. The first-order chi connectivity index (χ1) is 10.2. The Bertz CT molecular complexity index is 622. The van der Waals surface area contributed by atoms with Crippen molar-refractivity contribution in [2.24, 2.45) is 0 Å². The summed E-state index contributed by atoms with van der Waals surface area (Å²) in [6.07, 6.45) is 1.48. The normalized spacial score (nSPS) is 11.7. The SMILES string of the molecule is N#C[C@@H](CCCOc1ccccc1)c1ccc(Cl)cc1Cl. The highest BCUT2D eigenvalue weighted by molar-refractivity contribution is 6.35. The van der Waals surface area contributed by atoms with Crippen molar-refractivity contribution in [1.82, 2.24) is 0 Å². The molecule has 0 aliphatic carbocycles. The van der Waals surface area contributed by atoms with Crippen LogP contribution in [-0.4, -0.2) is 6.61 Å². The van der Waals surface area contributed by atoms with Crippen molar-refractivity contribution < 1.29 is 4.74 Å². The van der Waals surface area contributed by atoms with Gasteiger partial charge in [-0.05, 0) is 42.7 Å². The van der Waals surface area contributed by atoms with Crippen molar-refractivity contribution in [3.05, 3.63) is 64.1 Å². The maximum atomic E-state index is 9.31. The highest BCUT2D eigenvalue weighted by Crippen LogP contribution is 2.30. The molecule has 108 valence electrons. The number of hydrogen-bond donors (Lipinski definition) is 0. The topological polar surface area (TPSA) is 33.0 Å². The summed E-state index contributed by atoms with van der Waals surface area (Å²) < 4.78 is 5.62. The van der Waals surface area contributed by atoms with Crippen LogP contribution >= 0.6 is 23.2 Å². The number of hydrogen-bond acceptors (Lipinski definition) is 2. The molecule has 2 aromatic rings. The van der Waals surface area contributed by atoms with E-state index in [1.807, 2.05) is 36.4 Å². The lowest BCUT2D eigenvalue weighted by Crippen LogP contribution is -2.02. The van der Waals surface area contributed by atoms with E-state index < -0.39 is 0 Å². The molecule has 0 unspecified atom stereocenters. The van der Waals surface area contributed by atoms with E-state index in [0.29, 0.717) is 23.1 Å². The van der Waals surface area contributed by atoms with Gasteiger partial charge in [-0.1, -0.05) is 47.5 Å². The molecular formula is C17H15Cl2NO. The molecular weight excluding hydrogens is 305 g/mol. The van der Waals surface area contributed by atoms with Crippen LogP contribution in [0.5, 0.6) is 5.75 Å². The minimum absolute atomic E-state index is 0.242. The fraction of sp³-hybridized carbons (Fsp3) is 0.235. The van der Waals surface area contributed by atoms with Crippen molar-refractivity contribution in [3.8, 4) is 11.8 Å². The van der Waals surface area contributed by atoms with Crippen LogP contribution in [0.15, 0.2) is 48.5 Å². The van der Waals surface area contributed by atoms with Gasteiger partial charge < -0.3 is 4.74 Å². The van der Waals surface area contributed by atoms with E-state index in [1.54, 1.807) is 12.1 Å². The molecule has 0 radical (unpaired) electrons. The van der Waals surface area contributed by atoms with E-state index >= 15 is 0 Å². The van der Waals surface area contributed by atoms with E-state index in [1.165, 1.54) is 0 Å². The Morgan fingerprint density at radius 3 is 2.52 bits per heavy atom. The fourth-order valence-corrected chi connectivity index (χ4v) is 2.61. The Morgan fingerprint density at radius 2 is 1.86 bits per heavy atom. The van der Waals surface area contributed by atoms with E-state index in [2.05, 4.69) is 6.07 Å². The third-order valence-electron chi connectivity index (χ3n) is 3.14. The number of halogens is 2. The van der Waals surface area contributed by atoms with Crippen LogP contribution in [0.2, 0.25) is 10.0 Å². The lowest BCUT2D eigenvalue weighted by molar-refractivity contribution is 0.305. The Morgan fingerprint density at radius 1 is 1.10 bits per heavy atom. The van der Waals surface area contributed by atoms with Crippen molar-refractivity contribution in [2.45, 2.75) is 18.8 Å². The highest BCUT2D eigenvalue weighted by Gasteiger charge is 2.14. The van der Waals surface area contributed by atoms with Gasteiger partial charge in [-0.3, -0.25) is 0 Å². The molecule has 0 aliphatic rings. The minimum Gasteiger partial charge on any atom is -0.494 e. The van der Waals surface area contributed by atoms with Crippen LogP contribution in [0.25, 0.3) is 0 Å². The summed E-state index contributed by atoms with van der Waals surface area (Å²) in [6.45, 7) is 0.577. The summed E-state index contributed by atoms with van der Waals surface area (Å²) in [5.41, 5.74) is 0.822. The zero-order valence-electron chi connectivity index (χ0n) is 11.4. The Balaban J connectivity index is 1.87. The second-order valence-electron chi connectivity index (χ2n) is 4.65. The van der Waals surface area contributed by atoms with Crippen molar-refractivity contribution in [1.29, 1.82) is 5.26 Å². The Hall–Kier alpha value is -1.69. The molecule has 0 N–H and O–H groups in total. The molecule has 0 bridgehead atoms. The monoisotopic (exact) mass is 319 g/mol. The molecule has 0 amide bonds. The number of ether oxygens (including phenoxy) is 1. The number of nitrogens with zero attached hydrogens (tertiary/aromatic N) is 1. The van der Waals surface area contributed by atoms with Gasteiger partial charge in [-0.15, -0.1) is 0 Å². The predicted octanol–water partition coefficient (Wildman–Crippen LogP) is 5.46. The second kappa shape index (κ2) is 7.93. The smallest absolute Gasteiger partial charge is 0.119 e. The molecule has 2 nitrogen and oxygen atoms in total. The molecule has 0 saturated heterocycles. The number of benzene rings is 2. The standard InChI is InChI=1S/C17H15Cl2NO/c18-14-8-9-16(17(19)11-14)13(12-20)5-4-10-21-15-6-2-1-3-7-15/h1-3,6-9,11,13H,4-5,10H2/t13-/m1/s1. The summed E-state index contributed by atoms with van der Waals surface area (Å²) >= 11 is 12.0. The molecule has 0 aromatic heterocycles. The molecule has 1 atom stereocenters. The molecule has 0 aliphatic heterocycles. The average molecular weight is 320 g/mol. The van der Waals surface area contributed by atoms with Gasteiger partial charge in [-0.25, -0.2) is 0 Å². The molecule has 4 heteroatoms. The number of para-hydroxylation sites is 1. The third-order valence-corrected chi connectivity index (χ3v) is 3.71. The lowest BCUT2D eigenvalue weighted by Gasteiger charge is -2.12. The summed E-state index contributed by atoms with van der Waals surface area (Å²) in [5.74, 6) is 0.602. The van der Waals surface area contributed by atoms with E-state index in [-0.39, 0.29) is 5.92 Å². The van der Waals surface area contributed by atoms with E-state index in [9.17, 15) is 5.26 Å². The maximum absolute atomic E-state index is 9.31. The maximum Gasteiger partial charge on any atom is 0.119 e. The average Bonchev–Trinajstić information content (AvgIpc) is 2.49. The van der Waals surface area contributed by atoms with Gasteiger partial charge in [0.15, 0.2) is 0 Å². The van der Waals surface area contributed by atoms with Gasteiger partial charge in [0.2, 0.25) is 0 Å². The molecule has 0 saturated carbocycles. The molecule has 2 aromatic carbocycles. The molecule has 2 rings (SSSR count). The van der Waals surface area contributed by atoms with Crippen molar-refractivity contribution in [3.63, 3.8) is 0 Å². The van der Waals surface area contributed by atoms with Gasteiger partial charge in [0.05, 0.1) is 18.6 Å². The van der Waals surface area contributed by atoms with Gasteiger partial charge in [-0.2, -0.15) is 5.26 Å². The summed E-state index contributed by atoms with van der Waals surface area (Å²) in [5, 5.41) is 10.4. The summed E-state index contributed by atoms with van der Waals surface area (Å²) in [6, 6.07) is 17.2. The van der Waals surface area contributed by atoms with Gasteiger partial charge in [0.1, 0.15) is 5.75 Å². The van der Waals surface area contributed by atoms with Crippen LogP contribution in [-0.2, 0) is 0 Å². The Kier molecular flexibility index (Phi) is 5.92.